The molecule has 0 saturated heterocycles. The molecule has 3 heteroatoms. The Morgan fingerprint density at radius 2 is 2.31 bits per heavy atom. The van der Waals surface area contributed by atoms with E-state index in [-0.39, 0.29) is 0 Å². The quantitative estimate of drug-likeness (QED) is 0.634. The molecule has 2 nitrogen and oxygen atoms in total. The number of anilines is 1. The summed E-state index contributed by atoms with van der Waals surface area (Å²) in [5.74, 6) is 0.896. The standard InChI is InChI=1S/C10H12ClNO/c1-12-5-2-6-13-10-7-8(11)3-4-9(10)12/h3-4,7H,2,5-6H2,1H3. The molecule has 0 unspecified atom stereocenters. The molecule has 1 aromatic rings. The van der Waals surface area contributed by atoms with Crippen LogP contribution in [0.1, 0.15) is 6.42 Å². The van der Waals surface area contributed by atoms with Gasteiger partial charge in [0.1, 0.15) is 5.75 Å². The number of nitrogens with zero attached hydrogens (tertiary/aromatic N) is 1. The van der Waals surface area contributed by atoms with Crippen molar-refractivity contribution in [2.75, 3.05) is 25.1 Å². The van der Waals surface area contributed by atoms with Gasteiger partial charge in [-0.2, -0.15) is 0 Å². The molecule has 13 heavy (non-hydrogen) atoms. The Bertz CT molecular complexity index is 314. The van der Waals surface area contributed by atoms with Crippen LogP contribution < -0.4 is 9.64 Å². The highest BCUT2D eigenvalue weighted by atomic mass is 35.5. The van der Waals surface area contributed by atoms with Gasteiger partial charge in [-0.3, -0.25) is 0 Å². The fraction of sp³-hybridized carbons (Fsp3) is 0.400. The Morgan fingerprint density at radius 1 is 1.46 bits per heavy atom. The molecule has 0 spiro atoms. The summed E-state index contributed by atoms with van der Waals surface area (Å²) in [5, 5.41) is 0.731. The lowest BCUT2D eigenvalue weighted by Gasteiger charge is -2.17. The van der Waals surface area contributed by atoms with Crippen LogP contribution in [0.15, 0.2) is 18.2 Å². The average molecular weight is 198 g/mol. The molecule has 0 bridgehead atoms. The molecule has 0 aromatic heterocycles. The van der Waals surface area contributed by atoms with E-state index >= 15 is 0 Å². The topological polar surface area (TPSA) is 12.5 Å². The van der Waals surface area contributed by atoms with Crippen molar-refractivity contribution in [2.24, 2.45) is 0 Å². The van der Waals surface area contributed by atoms with Gasteiger partial charge in [0, 0.05) is 24.7 Å². The van der Waals surface area contributed by atoms with Crippen LogP contribution in [0.4, 0.5) is 5.69 Å². The van der Waals surface area contributed by atoms with Gasteiger partial charge in [-0.1, -0.05) is 11.6 Å². The average Bonchev–Trinajstić information content (AvgIpc) is 2.28. The maximum atomic E-state index is 5.88. The van der Waals surface area contributed by atoms with Gasteiger partial charge in [0.2, 0.25) is 0 Å². The van der Waals surface area contributed by atoms with E-state index in [9.17, 15) is 0 Å². The summed E-state index contributed by atoms with van der Waals surface area (Å²) in [7, 11) is 2.07. The van der Waals surface area contributed by atoms with Gasteiger partial charge >= 0.3 is 0 Å². The molecule has 0 aliphatic carbocycles. The maximum absolute atomic E-state index is 5.88. The highest BCUT2D eigenvalue weighted by Gasteiger charge is 2.12. The zero-order valence-corrected chi connectivity index (χ0v) is 8.34. The van der Waals surface area contributed by atoms with Gasteiger partial charge in [0.15, 0.2) is 0 Å². The fourth-order valence-electron chi connectivity index (χ4n) is 1.52. The first-order valence-electron chi connectivity index (χ1n) is 4.41. The molecule has 70 valence electrons. The highest BCUT2D eigenvalue weighted by Crippen LogP contribution is 2.32. The van der Waals surface area contributed by atoms with Crippen LogP contribution in [-0.2, 0) is 0 Å². The summed E-state index contributed by atoms with van der Waals surface area (Å²) >= 11 is 5.88. The molecule has 1 aliphatic rings. The van der Waals surface area contributed by atoms with E-state index in [4.69, 9.17) is 16.3 Å². The van der Waals surface area contributed by atoms with E-state index in [2.05, 4.69) is 11.9 Å². The zero-order chi connectivity index (χ0) is 9.26. The highest BCUT2D eigenvalue weighted by molar-refractivity contribution is 6.30. The first-order valence-corrected chi connectivity index (χ1v) is 4.78. The Labute approximate surface area is 83.1 Å². The number of hydrogen-bond donors (Lipinski definition) is 0. The number of benzene rings is 1. The second-order valence-electron chi connectivity index (χ2n) is 3.24. The van der Waals surface area contributed by atoms with Crippen molar-refractivity contribution in [1.82, 2.24) is 0 Å². The van der Waals surface area contributed by atoms with Crippen LogP contribution in [0.3, 0.4) is 0 Å². The maximum Gasteiger partial charge on any atom is 0.144 e. The minimum absolute atomic E-state index is 0.731. The van der Waals surface area contributed by atoms with Crippen molar-refractivity contribution in [3.05, 3.63) is 23.2 Å². The lowest BCUT2D eigenvalue weighted by atomic mass is 10.2. The summed E-state index contributed by atoms with van der Waals surface area (Å²) in [5.41, 5.74) is 1.13. The predicted molar refractivity (Wildman–Crippen MR) is 54.8 cm³/mol. The summed E-state index contributed by atoms with van der Waals surface area (Å²) in [6.07, 6.45) is 1.06. The number of fused-ring (bicyclic) bond motifs is 1. The molecule has 1 aromatic carbocycles. The van der Waals surface area contributed by atoms with E-state index in [0.717, 1.165) is 36.0 Å². The van der Waals surface area contributed by atoms with Crippen molar-refractivity contribution >= 4 is 17.3 Å². The molecule has 0 radical (unpaired) electrons. The van der Waals surface area contributed by atoms with Crippen LogP contribution in [0, 0.1) is 0 Å². The van der Waals surface area contributed by atoms with Gasteiger partial charge in [0.05, 0.1) is 12.3 Å². The molecule has 1 aliphatic heterocycles. The van der Waals surface area contributed by atoms with Crippen LogP contribution in [0.25, 0.3) is 0 Å². The van der Waals surface area contributed by atoms with E-state index in [1.807, 2.05) is 18.2 Å². The molecule has 2 rings (SSSR count). The SMILES string of the molecule is CN1CCCOc2cc(Cl)ccc21. The number of rotatable bonds is 0. The van der Waals surface area contributed by atoms with Crippen LogP contribution in [0.2, 0.25) is 5.02 Å². The fourth-order valence-corrected chi connectivity index (χ4v) is 1.69. The molecule has 0 amide bonds. The van der Waals surface area contributed by atoms with Gasteiger partial charge in [-0.15, -0.1) is 0 Å². The van der Waals surface area contributed by atoms with Crippen molar-refractivity contribution < 1.29 is 4.74 Å². The van der Waals surface area contributed by atoms with Crippen molar-refractivity contribution in [2.45, 2.75) is 6.42 Å². The van der Waals surface area contributed by atoms with Gasteiger partial charge in [-0.25, -0.2) is 0 Å². The summed E-state index contributed by atoms with van der Waals surface area (Å²) in [6.45, 7) is 1.81. The normalized spacial score (nSPS) is 16.0. The molecule has 0 atom stereocenters. The zero-order valence-electron chi connectivity index (χ0n) is 7.59. The Hall–Kier alpha value is -0.890. The summed E-state index contributed by atoms with van der Waals surface area (Å²) in [4.78, 5) is 2.19. The largest absolute Gasteiger partial charge is 0.491 e. The van der Waals surface area contributed by atoms with Crippen molar-refractivity contribution in [1.29, 1.82) is 0 Å². The van der Waals surface area contributed by atoms with E-state index in [0.29, 0.717) is 0 Å². The Kier molecular flexibility index (Phi) is 2.32. The first-order chi connectivity index (χ1) is 6.27. The summed E-state index contributed by atoms with van der Waals surface area (Å²) < 4.78 is 5.57. The lowest BCUT2D eigenvalue weighted by molar-refractivity contribution is 0.322. The first kappa shape index (κ1) is 8.70. The minimum atomic E-state index is 0.731. The third kappa shape index (κ3) is 1.73. The summed E-state index contributed by atoms with van der Waals surface area (Å²) in [6, 6.07) is 5.77. The van der Waals surface area contributed by atoms with Crippen molar-refractivity contribution in [3.63, 3.8) is 0 Å². The van der Waals surface area contributed by atoms with E-state index in [1.54, 1.807) is 0 Å². The smallest absolute Gasteiger partial charge is 0.144 e. The van der Waals surface area contributed by atoms with Gasteiger partial charge in [0.25, 0.3) is 0 Å². The van der Waals surface area contributed by atoms with E-state index < -0.39 is 0 Å². The Balaban J connectivity index is 2.42. The third-order valence-corrected chi connectivity index (χ3v) is 2.46. The van der Waals surface area contributed by atoms with Crippen LogP contribution >= 0.6 is 11.6 Å². The van der Waals surface area contributed by atoms with E-state index in [1.165, 1.54) is 0 Å². The molecule has 1 heterocycles. The number of halogens is 1. The van der Waals surface area contributed by atoms with Crippen molar-refractivity contribution in [3.8, 4) is 5.75 Å². The second-order valence-corrected chi connectivity index (χ2v) is 3.67. The van der Waals surface area contributed by atoms with Crippen LogP contribution in [0.5, 0.6) is 5.75 Å². The third-order valence-electron chi connectivity index (χ3n) is 2.23. The molecule has 0 saturated carbocycles. The molecular formula is C10H12ClNO. The van der Waals surface area contributed by atoms with Crippen LogP contribution in [-0.4, -0.2) is 20.2 Å². The predicted octanol–water partition coefficient (Wildman–Crippen LogP) is 2.56. The number of ether oxygens (including phenoxy) is 1. The lowest BCUT2D eigenvalue weighted by Crippen LogP contribution is -2.17. The minimum Gasteiger partial charge on any atom is -0.491 e. The van der Waals surface area contributed by atoms with Gasteiger partial charge in [-0.05, 0) is 18.6 Å². The van der Waals surface area contributed by atoms with Gasteiger partial charge < -0.3 is 9.64 Å². The Morgan fingerprint density at radius 3 is 3.15 bits per heavy atom. The molecular weight excluding hydrogens is 186 g/mol. The molecule has 0 N–H and O–H groups in total. The number of hydrogen-bond acceptors (Lipinski definition) is 2. The second kappa shape index (κ2) is 3.46. The molecule has 0 fully saturated rings. The monoisotopic (exact) mass is 197 g/mol.